The van der Waals surface area contributed by atoms with Gasteiger partial charge in [0.2, 0.25) is 0 Å². The zero-order valence-corrected chi connectivity index (χ0v) is 8.55. The van der Waals surface area contributed by atoms with Crippen LogP contribution in [0.15, 0.2) is 18.2 Å². The molecule has 1 N–H and O–H groups in total. The van der Waals surface area contributed by atoms with Gasteiger partial charge in [-0.15, -0.1) is 0 Å². The van der Waals surface area contributed by atoms with Crippen molar-refractivity contribution in [1.29, 1.82) is 0 Å². The fourth-order valence-electron chi connectivity index (χ4n) is 1.62. The van der Waals surface area contributed by atoms with Crippen LogP contribution in [0.2, 0.25) is 0 Å². The molecule has 0 heterocycles. The smallest absolute Gasteiger partial charge is 0.123 e. The van der Waals surface area contributed by atoms with Crippen LogP contribution in [0.4, 0.5) is 4.39 Å². The molecule has 1 fully saturated rings. The summed E-state index contributed by atoms with van der Waals surface area (Å²) in [6, 6.07) is 4.90. The van der Waals surface area contributed by atoms with Crippen LogP contribution in [0.25, 0.3) is 0 Å². The average Bonchev–Trinajstić information content (AvgIpc) is 2.84. The highest BCUT2D eigenvalue weighted by atomic mass is 19.1. The summed E-state index contributed by atoms with van der Waals surface area (Å²) in [6.07, 6.45) is 1.52. The number of benzene rings is 1. The van der Waals surface area contributed by atoms with Gasteiger partial charge in [-0.05, 0) is 42.0 Å². The topological polar surface area (TPSA) is 20.2 Å². The Kier molecular flexibility index (Phi) is 2.11. The van der Waals surface area contributed by atoms with Crippen LogP contribution >= 0.6 is 0 Å². The minimum Gasteiger partial charge on any atom is -0.385 e. The molecule has 0 saturated heterocycles. The number of hydrogen-bond acceptors (Lipinski definition) is 1. The van der Waals surface area contributed by atoms with Crippen LogP contribution in [0.3, 0.4) is 0 Å². The molecule has 0 amide bonds. The number of hydrogen-bond donors (Lipinski definition) is 1. The van der Waals surface area contributed by atoms with E-state index in [0.717, 1.165) is 24.0 Å². The number of rotatable bonds is 2. The third kappa shape index (κ3) is 1.67. The SMILES string of the molecule is CC(C)c1cc(F)cc(C2(O)CC2)c1. The fraction of sp³-hybridized carbons (Fsp3) is 0.500. The Morgan fingerprint density at radius 2 is 1.93 bits per heavy atom. The summed E-state index contributed by atoms with van der Waals surface area (Å²) in [5.41, 5.74) is 0.965. The Balaban J connectivity index is 2.42. The van der Waals surface area contributed by atoms with Crippen molar-refractivity contribution in [2.45, 2.75) is 38.2 Å². The first-order valence-corrected chi connectivity index (χ1v) is 5.05. The lowest BCUT2D eigenvalue weighted by molar-refractivity contribution is 0.151. The molecule has 1 aliphatic carbocycles. The highest BCUT2D eigenvalue weighted by molar-refractivity contribution is 5.33. The van der Waals surface area contributed by atoms with Gasteiger partial charge in [0, 0.05) is 0 Å². The third-order valence-electron chi connectivity index (χ3n) is 2.85. The molecule has 1 aromatic carbocycles. The molecular weight excluding hydrogens is 179 g/mol. The fourth-order valence-corrected chi connectivity index (χ4v) is 1.62. The number of halogens is 1. The van der Waals surface area contributed by atoms with Gasteiger partial charge in [0.1, 0.15) is 5.82 Å². The van der Waals surface area contributed by atoms with Crippen molar-refractivity contribution in [3.05, 3.63) is 35.1 Å². The van der Waals surface area contributed by atoms with Crippen LogP contribution in [0, 0.1) is 5.82 Å². The summed E-state index contributed by atoms with van der Waals surface area (Å²) < 4.78 is 13.2. The maximum Gasteiger partial charge on any atom is 0.123 e. The quantitative estimate of drug-likeness (QED) is 0.767. The maximum atomic E-state index is 13.2. The van der Waals surface area contributed by atoms with Crippen molar-refractivity contribution < 1.29 is 9.50 Å². The van der Waals surface area contributed by atoms with E-state index in [1.54, 1.807) is 6.07 Å². The van der Waals surface area contributed by atoms with Crippen LogP contribution in [0.1, 0.15) is 43.7 Å². The average molecular weight is 194 g/mol. The van der Waals surface area contributed by atoms with Crippen LogP contribution in [-0.4, -0.2) is 5.11 Å². The van der Waals surface area contributed by atoms with Crippen molar-refractivity contribution in [3.8, 4) is 0 Å². The molecule has 1 saturated carbocycles. The van der Waals surface area contributed by atoms with Gasteiger partial charge < -0.3 is 5.11 Å². The molecule has 2 heteroatoms. The summed E-state index contributed by atoms with van der Waals surface area (Å²) in [6.45, 7) is 4.05. The lowest BCUT2D eigenvalue weighted by Gasteiger charge is -2.12. The van der Waals surface area contributed by atoms with Crippen molar-refractivity contribution in [2.75, 3.05) is 0 Å². The van der Waals surface area contributed by atoms with E-state index >= 15 is 0 Å². The molecule has 14 heavy (non-hydrogen) atoms. The van der Waals surface area contributed by atoms with Gasteiger partial charge in [-0.3, -0.25) is 0 Å². The molecular formula is C12H15FO. The summed E-state index contributed by atoms with van der Waals surface area (Å²) in [4.78, 5) is 0. The first kappa shape index (κ1) is 9.66. The van der Waals surface area contributed by atoms with E-state index < -0.39 is 5.60 Å². The third-order valence-corrected chi connectivity index (χ3v) is 2.85. The predicted octanol–water partition coefficient (Wildman–Crippen LogP) is 2.93. The maximum absolute atomic E-state index is 13.2. The first-order valence-electron chi connectivity index (χ1n) is 5.05. The van der Waals surface area contributed by atoms with Crippen LogP contribution in [0.5, 0.6) is 0 Å². The van der Waals surface area contributed by atoms with Gasteiger partial charge in [0.05, 0.1) is 5.60 Å². The molecule has 0 radical (unpaired) electrons. The molecule has 0 bridgehead atoms. The molecule has 76 valence electrons. The second-order valence-corrected chi connectivity index (χ2v) is 4.46. The molecule has 0 aliphatic heterocycles. The molecule has 1 aromatic rings. The predicted molar refractivity (Wildman–Crippen MR) is 53.6 cm³/mol. The van der Waals surface area contributed by atoms with Crippen molar-refractivity contribution in [2.24, 2.45) is 0 Å². The minimum absolute atomic E-state index is 0.244. The van der Waals surface area contributed by atoms with Crippen molar-refractivity contribution in [3.63, 3.8) is 0 Å². The minimum atomic E-state index is -0.730. The van der Waals surface area contributed by atoms with E-state index in [0.29, 0.717) is 5.92 Å². The molecule has 1 aliphatic rings. The Hall–Kier alpha value is -0.890. The van der Waals surface area contributed by atoms with E-state index in [1.165, 1.54) is 6.07 Å². The van der Waals surface area contributed by atoms with E-state index in [2.05, 4.69) is 0 Å². The van der Waals surface area contributed by atoms with E-state index in [9.17, 15) is 9.50 Å². The van der Waals surface area contributed by atoms with Gasteiger partial charge in [-0.2, -0.15) is 0 Å². The Morgan fingerprint density at radius 3 is 2.43 bits per heavy atom. The molecule has 1 nitrogen and oxygen atoms in total. The Bertz CT molecular complexity index is 353. The lowest BCUT2D eigenvalue weighted by atomic mass is 9.97. The van der Waals surface area contributed by atoms with Gasteiger partial charge in [-0.25, -0.2) is 4.39 Å². The van der Waals surface area contributed by atoms with Gasteiger partial charge in [0.25, 0.3) is 0 Å². The van der Waals surface area contributed by atoms with E-state index in [4.69, 9.17) is 0 Å². The van der Waals surface area contributed by atoms with Crippen molar-refractivity contribution >= 4 is 0 Å². The van der Waals surface area contributed by atoms with Crippen LogP contribution < -0.4 is 0 Å². The molecule has 0 unspecified atom stereocenters. The lowest BCUT2D eigenvalue weighted by Crippen LogP contribution is -2.06. The normalized spacial score (nSPS) is 18.6. The second-order valence-electron chi connectivity index (χ2n) is 4.46. The summed E-state index contributed by atoms with van der Waals surface area (Å²) in [5, 5.41) is 9.86. The standard InChI is InChI=1S/C12H15FO/c1-8(2)9-5-10(7-11(13)6-9)12(14)3-4-12/h5-8,14H,3-4H2,1-2H3. The van der Waals surface area contributed by atoms with E-state index in [-0.39, 0.29) is 5.82 Å². The summed E-state index contributed by atoms with van der Waals surface area (Å²) in [5.74, 6) is 0.0540. The number of aliphatic hydroxyl groups is 1. The molecule has 0 aromatic heterocycles. The Morgan fingerprint density at radius 1 is 1.29 bits per heavy atom. The Labute approximate surface area is 83.6 Å². The second kappa shape index (κ2) is 3.06. The molecule has 0 atom stereocenters. The van der Waals surface area contributed by atoms with Gasteiger partial charge >= 0.3 is 0 Å². The van der Waals surface area contributed by atoms with Gasteiger partial charge in [-0.1, -0.05) is 19.9 Å². The highest BCUT2D eigenvalue weighted by Crippen LogP contribution is 2.45. The first-order chi connectivity index (χ1) is 6.51. The molecule has 2 rings (SSSR count). The van der Waals surface area contributed by atoms with Gasteiger partial charge in [0.15, 0.2) is 0 Å². The van der Waals surface area contributed by atoms with E-state index in [1.807, 2.05) is 19.9 Å². The zero-order chi connectivity index (χ0) is 10.3. The van der Waals surface area contributed by atoms with Crippen molar-refractivity contribution in [1.82, 2.24) is 0 Å². The van der Waals surface area contributed by atoms with Crippen LogP contribution in [-0.2, 0) is 5.60 Å². The largest absolute Gasteiger partial charge is 0.385 e. The summed E-state index contributed by atoms with van der Waals surface area (Å²) >= 11 is 0. The zero-order valence-electron chi connectivity index (χ0n) is 8.55. The molecule has 0 spiro atoms. The highest BCUT2D eigenvalue weighted by Gasteiger charge is 2.42. The monoisotopic (exact) mass is 194 g/mol. The summed E-state index contributed by atoms with van der Waals surface area (Å²) in [7, 11) is 0.